The first kappa shape index (κ1) is 18.2. The van der Waals surface area contributed by atoms with Gasteiger partial charge in [0.05, 0.1) is 6.20 Å². The van der Waals surface area contributed by atoms with Crippen LogP contribution >= 0.6 is 0 Å². The molecule has 27 heavy (non-hydrogen) atoms. The highest BCUT2D eigenvalue weighted by molar-refractivity contribution is 5.76. The molecule has 2 fully saturated rings. The molecule has 1 aromatic carbocycles. The minimum Gasteiger partial charge on any atom is -0.342 e. The number of aromatic amines is 1. The molecule has 2 aliphatic heterocycles. The number of carbonyl (C=O) groups is 1. The number of aryl methyl sites for hydroxylation is 1. The molecule has 5 nitrogen and oxygen atoms in total. The topological polar surface area (TPSA) is 52.2 Å². The molecule has 1 atom stereocenters. The molecular weight excluding hydrogens is 336 g/mol. The Hall–Kier alpha value is -2.14. The van der Waals surface area contributed by atoms with Gasteiger partial charge in [0, 0.05) is 44.2 Å². The fourth-order valence-corrected chi connectivity index (χ4v) is 4.74. The van der Waals surface area contributed by atoms with Crippen LogP contribution in [0.25, 0.3) is 0 Å². The molecular formula is C22H30N4O. The van der Waals surface area contributed by atoms with Crippen LogP contribution in [-0.2, 0) is 17.6 Å². The number of piperidine rings is 1. The molecule has 1 amide bonds. The maximum Gasteiger partial charge on any atom is 0.222 e. The maximum absolute atomic E-state index is 12.6. The van der Waals surface area contributed by atoms with E-state index in [4.69, 9.17) is 0 Å². The van der Waals surface area contributed by atoms with Gasteiger partial charge in [0.2, 0.25) is 5.91 Å². The van der Waals surface area contributed by atoms with E-state index in [1.807, 2.05) is 12.4 Å². The Bertz CT molecular complexity index is 730. The Morgan fingerprint density at radius 3 is 2.78 bits per heavy atom. The van der Waals surface area contributed by atoms with Gasteiger partial charge >= 0.3 is 0 Å². The fraction of sp³-hybridized carbons (Fsp3) is 0.545. The summed E-state index contributed by atoms with van der Waals surface area (Å²) in [4.78, 5) is 17.4. The molecule has 5 heteroatoms. The van der Waals surface area contributed by atoms with E-state index in [0.717, 1.165) is 51.0 Å². The number of amides is 1. The summed E-state index contributed by atoms with van der Waals surface area (Å²) in [7, 11) is 0. The van der Waals surface area contributed by atoms with Crippen LogP contribution in [0.5, 0.6) is 0 Å². The van der Waals surface area contributed by atoms with E-state index in [-0.39, 0.29) is 0 Å². The quantitative estimate of drug-likeness (QED) is 0.855. The van der Waals surface area contributed by atoms with Gasteiger partial charge in [-0.3, -0.25) is 9.89 Å². The van der Waals surface area contributed by atoms with Crippen LogP contribution in [0.15, 0.2) is 42.7 Å². The summed E-state index contributed by atoms with van der Waals surface area (Å²) in [5.74, 6) is 0.300. The van der Waals surface area contributed by atoms with Gasteiger partial charge in [-0.15, -0.1) is 0 Å². The van der Waals surface area contributed by atoms with Gasteiger partial charge < -0.3 is 9.80 Å². The van der Waals surface area contributed by atoms with Gasteiger partial charge in [-0.1, -0.05) is 30.3 Å². The van der Waals surface area contributed by atoms with Gasteiger partial charge in [-0.25, -0.2) is 0 Å². The number of nitrogens with one attached hydrogen (secondary N) is 1. The second-order valence-electron chi connectivity index (χ2n) is 8.29. The van der Waals surface area contributed by atoms with E-state index in [1.165, 1.54) is 24.9 Å². The Labute approximate surface area is 161 Å². The normalized spacial score (nSPS) is 23.2. The van der Waals surface area contributed by atoms with E-state index in [9.17, 15) is 4.79 Å². The molecule has 0 saturated carbocycles. The van der Waals surface area contributed by atoms with Crippen LogP contribution in [-0.4, -0.2) is 58.6 Å². The SMILES string of the molecule is O=C(CCc1cn[nH]c1)N1CCC2(CCCN(CCc3ccccc3)C2)C1. The van der Waals surface area contributed by atoms with E-state index in [0.29, 0.717) is 17.7 Å². The van der Waals surface area contributed by atoms with Crippen molar-refractivity contribution >= 4 is 5.91 Å². The molecule has 1 aromatic heterocycles. The first-order valence-electron chi connectivity index (χ1n) is 10.2. The van der Waals surface area contributed by atoms with Crippen LogP contribution in [0.3, 0.4) is 0 Å². The van der Waals surface area contributed by atoms with Crippen molar-refractivity contribution in [1.82, 2.24) is 20.0 Å². The lowest BCUT2D eigenvalue weighted by Gasteiger charge is -2.40. The van der Waals surface area contributed by atoms with Crippen LogP contribution in [0.2, 0.25) is 0 Å². The zero-order valence-electron chi connectivity index (χ0n) is 16.1. The van der Waals surface area contributed by atoms with Crippen LogP contribution in [0.1, 0.15) is 36.8 Å². The summed E-state index contributed by atoms with van der Waals surface area (Å²) in [6.45, 7) is 5.34. The predicted octanol–water partition coefficient (Wildman–Crippen LogP) is 2.90. The van der Waals surface area contributed by atoms with Crippen LogP contribution < -0.4 is 0 Å². The first-order valence-corrected chi connectivity index (χ1v) is 10.2. The maximum atomic E-state index is 12.6. The molecule has 2 aromatic rings. The molecule has 2 saturated heterocycles. The number of aromatic nitrogens is 2. The zero-order valence-corrected chi connectivity index (χ0v) is 16.1. The largest absolute Gasteiger partial charge is 0.342 e. The van der Waals surface area contributed by atoms with Crippen LogP contribution in [0.4, 0.5) is 0 Å². The highest BCUT2D eigenvalue weighted by Gasteiger charge is 2.42. The van der Waals surface area contributed by atoms with Gasteiger partial charge in [-0.05, 0) is 49.8 Å². The summed E-state index contributed by atoms with van der Waals surface area (Å²) in [6, 6.07) is 10.8. The number of rotatable bonds is 6. The molecule has 144 valence electrons. The van der Waals surface area contributed by atoms with Gasteiger partial charge in [0.15, 0.2) is 0 Å². The molecule has 1 unspecified atom stereocenters. The van der Waals surface area contributed by atoms with Crippen molar-refractivity contribution in [3.63, 3.8) is 0 Å². The van der Waals surface area contributed by atoms with Crippen molar-refractivity contribution in [3.8, 4) is 0 Å². The summed E-state index contributed by atoms with van der Waals surface area (Å²) in [6.07, 6.45) is 9.85. The second-order valence-corrected chi connectivity index (χ2v) is 8.29. The lowest BCUT2D eigenvalue weighted by Crippen LogP contribution is -2.46. The van der Waals surface area contributed by atoms with Gasteiger partial charge in [-0.2, -0.15) is 5.10 Å². The third-order valence-corrected chi connectivity index (χ3v) is 6.27. The zero-order chi connectivity index (χ0) is 18.5. The minimum absolute atomic E-state index is 0.300. The number of H-pyrrole nitrogens is 1. The Morgan fingerprint density at radius 1 is 1.07 bits per heavy atom. The summed E-state index contributed by atoms with van der Waals surface area (Å²) < 4.78 is 0. The van der Waals surface area contributed by atoms with Crippen molar-refractivity contribution in [3.05, 3.63) is 53.9 Å². The lowest BCUT2D eigenvalue weighted by atomic mass is 9.79. The smallest absolute Gasteiger partial charge is 0.222 e. The molecule has 0 bridgehead atoms. The standard InChI is InChI=1S/C22H30N4O/c27-21(8-7-20-15-23-24-16-20)26-14-11-22(18-26)10-4-12-25(17-22)13-9-19-5-2-1-3-6-19/h1-3,5-6,15-16H,4,7-14,17-18H2,(H,23,24). The molecule has 4 rings (SSSR count). The van der Waals surface area contributed by atoms with Crippen molar-refractivity contribution in [2.75, 3.05) is 32.7 Å². The fourth-order valence-electron chi connectivity index (χ4n) is 4.74. The monoisotopic (exact) mass is 366 g/mol. The molecule has 0 radical (unpaired) electrons. The number of benzene rings is 1. The first-order chi connectivity index (χ1) is 13.2. The van der Waals surface area contributed by atoms with Crippen molar-refractivity contribution < 1.29 is 4.79 Å². The molecule has 2 aliphatic rings. The Kier molecular flexibility index (Phi) is 5.58. The summed E-state index contributed by atoms with van der Waals surface area (Å²) in [5, 5.41) is 6.78. The average Bonchev–Trinajstić information content (AvgIpc) is 3.36. The molecule has 3 heterocycles. The Balaban J connectivity index is 1.27. The summed E-state index contributed by atoms with van der Waals surface area (Å²) >= 11 is 0. The highest BCUT2D eigenvalue weighted by Crippen LogP contribution is 2.39. The molecule has 1 N–H and O–H groups in total. The Morgan fingerprint density at radius 2 is 1.96 bits per heavy atom. The van der Waals surface area contributed by atoms with Crippen molar-refractivity contribution in [2.45, 2.75) is 38.5 Å². The molecule has 1 spiro atoms. The third kappa shape index (κ3) is 4.59. The number of likely N-dealkylation sites (tertiary alicyclic amines) is 2. The predicted molar refractivity (Wildman–Crippen MR) is 106 cm³/mol. The number of nitrogens with zero attached hydrogens (tertiary/aromatic N) is 3. The van der Waals surface area contributed by atoms with Gasteiger partial charge in [0.25, 0.3) is 0 Å². The number of hydrogen-bond donors (Lipinski definition) is 1. The third-order valence-electron chi connectivity index (χ3n) is 6.27. The van der Waals surface area contributed by atoms with E-state index in [2.05, 4.69) is 50.3 Å². The van der Waals surface area contributed by atoms with Crippen molar-refractivity contribution in [1.29, 1.82) is 0 Å². The lowest BCUT2D eigenvalue weighted by molar-refractivity contribution is -0.130. The van der Waals surface area contributed by atoms with E-state index in [1.54, 1.807) is 0 Å². The molecule has 0 aliphatic carbocycles. The minimum atomic E-state index is 0.300. The highest BCUT2D eigenvalue weighted by atomic mass is 16.2. The number of carbonyl (C=O) groups excluding carboxylic acids is 1. The summed E-state index contributed by atoms with van der Waals surface area (Å²) in [5.41, 5.74) is 2.85. The second kappa shape index (κ2) is 8.26. The van der Waals surface area contributed by atoms with Crippen LogP contribution in [0, 0.1) is 5.41 Å². The van der Waals surface area contributed by atoms with E-state index < -0.39 is 0 Å². The average molecular weight is 367 g/mol. The van der Waals surface area contributed by atoms with Crippen molar-refractivity contribution in [2.24, 2.45) is 5.41 Å². The van der Waals surface area contributed by atoms with Gasteiger partial charge in [0.1, 0.15) is 0 Å². The van der Waals surface area contributed by atoms with E-state index >= 15 is 0 Å². The number of hydrogen-bond acceptors (Lipinski definition) is 3.